The third-order valence-electron chi connectivity index (χ3n) is 3.61. The minimum atomic E-state index is -0.0623. The van der Waals surface area contributed by atoms with Gasteiger partial charge in [0, 0.05) is 30.7 Å². The summed E-state index contributed by atoms with van der Waals surface area (Å²) in [5, 5.41) is 7.06. The molecule has 0 fully saturated rings. The minimum absolute atomic E-state index is 0. The van der Waals surface area contributed by atoms with Gasteiger partial charge in [-0.15, -0.1) is 12.4 Å². The van der Waals surface area contributed by atoms with Crippen LogP contribution < -0.4 is 5.73 Å². The summed E-state index contributed by atoms with van der Waals surface area (Å²) in [4.78, 5) is 14.0. The Balaban J connectivity index is 0.00000400. The fraction of sp³-hybridized carbons (Fsp3) is 0.733. The zero-order chi connectivity index (χ0) is 15.5. The van der Waals surface area contributed by atoms with Gasteiger partial charge < -0.3 is 10.6 Å². The van der Waals surface area contributed by atoms with E-state index in [-0.39, 0.29) is 29.8 Å². The topological polar surface area (TPSA) is 75.0 Å². The Morgan fingerprint density at radius 2 is 2.00 bits per heavy atom. The van der Waals surface area contributed by atoms with E-state index in [1.54, 1.807) is 11.9 Å². The van der Waals surface area contributed by atoms with Crippen molar-refractivity contribution in [3.05, 3.63) is 17.5 Å². The number of halogens is 1. The Bertz CT molecular complexity index is 451. The van der Waals surface area contributed by atoms with Gasteiger partial charge in [-0.2, -0.15) is 5.10 Å². The van der Waals surface area contributed by atoms with Crippen LogP contribution in [0.2, 0.25) is 0 Å². The van der Waals surface area contributed by atoms with Gasteiger partial charge >= 0.3 is 0 Å². The van der Waals surface area contributed by atoms with E-state index in [0.29, 0.717) is 18.2 Å². The van der Waals surface area contributed by atoms with E-state index >= 15 is 0 Å². The third-order valence-corrected chi connectivity index (χ3v) is 3.61. The maximum Gasteiger partial charge on any atom is 0.274 e. The Hall–Kier alpha value is -1.07. The molecule has 1 unspecified atom stereocenters. The zero-order valence-electron chi connectivity index (χ0n) is 13.9. The third kappa shape index (κ3) is 5.67. The van der Waals surface area contributed by atoms with Gasteiger partial charge in [-0.3, -0.25) is 9.89 Å². The van der Waals surface area contributed by atoms with Crippen LogP contribution in [-0.2, 0) is 5.41 Å². The molecule has 0 aliphatic rings. The van der Waals surface area contributed by atoms with E-state index in [0.717, 1.165) is 12.1 Å². The molecule has 122 valence electrons. The van der Waals surface area contributed by atoms with Gasteiger partial charge in [-0.1, -0.05) is 34.6 Å². The number of carbonyl (C=O) groups excluding carboxylic acids is 1. The van der Waals surface area contributed by atoms with Crippen LogP contribution in [0.1, 0.15) is 57.2 Å². The molecule has 0 saturated carbocycles. The van der Waals surface area contributed by atoms with E-state index in [9.17, 15) is 4.79 Å². The molecule has 0 bridgehead atoms. The number of rotatable bonds is 5. The van der Waals surface area contributed by atoms with Crippen LogP contribution in [0, 0.1) is 5.92 Å². The number of aromatic nitrogens is 2. The highest BCUT2D eigenvalue weighted by Gasteiger charge is 2.21. The summed E-state index contributed by atoms with van der Waals surface area (Å²) in [6.45, 7) is 11.1. The van der Waals surface area contributed by atoms with Gasteiger partial charge in [0.15, 0.2) is 0 Å². The molecule has 6 heteroatoms. The lowest BCUT2D eigenvalue weighted by Gasteiger charge is -2.20. The van der Waals surface area contributed by atoms with E-state index in [2.05, 4.69) is 44.8 Å². The lowest BCUT2D eigenvalue weighted by Crippen LogP contribution is -2.34. The maximum absolute atomic E-state index is 12.3. The van der Waals surface area contributed by atoms with Crippen molar-refractivity contribution in [1.82, 2.24) is 15.1 Å². The number of hydrogen-bond acceptors (Lipinski definition) is 3. The number of nitrogens with two attached hydrogens (primary N) is 1. The lowest BCUT2D eigenvalue weighted by atomic mass is 9.92. The SMILES string of the molecule is CC(C)C(N)CCN(C)C(=O)c1cc(C(C)(C)C)[nH]n1.Cl. The number of hydrogen-bond donors (Lipinski definition) is 2. The molecule has 1 aromatic heterocycles. The number of carbonyl (C=O) groups is 1. The maximum atomic E-state index is 12.3. The van der Waals surface area contributed by atoms with Crippen LogP contribution >= 0.6 is 12.4 Å². The first kappa shape index (κ1) is 19.9. The van der Waals surface area contributed by atoms with Crippen molar-refractivity contribution in [2.75, 3.05) is 13.6 Å². The number of aromatic amines is 1. The van der Waals surface area contributed by atoms with Crippen molar-refractivity contribution < 1.29 is 4.79 Å². The van der Waals surface area contributed by atoms with Crippen LogP contribution in [0.25, 0.3) is 0 Å². The van der Waals surface area contributed by atoms with E-state index in [4.69, 9.17) is 5.73 Å². The largest absolute Gasteiger partial charge is 0.340 e. The molecule has 0 aliphatic carbocycles. The van der Waals surface area contributed by atoms with Crippen molar-refractivity contribution in [3.63, 3.8) is 0 Å². The van der Waals surface area contributed by atoms with E-state index in [1.165, 1.54) is 0 Å². The molecule has 0 aliphatic heterocycles. The predicted octanol–water partition coefficient (Wildman–Crippen LogP) is 2.57. The predicted molar refractivity (Wildman–Crippen MR) is 88.9 cm³/mol. The summed E-state index contributed by atoms with van der Waals surface area (Å²) in [7, 11) is 1.79. The zero-order valence-corrected chi connectivity index (χ0v) is 14.8. The summed E-state index contributed by atoms with van der Waals surface area (Å²) in [5.74, 6) is 0.365. The second-order valence-corrected chi connectivity index (χ2v) is 6.84. The number of H-pyrrole nitrogens is 1. The minimum Gasteiger partial charge on any atom is -0.340 e. The van der Waals surface area contributed by atoms with Crippen LogP contribution in [0.3, 0.4) is 0 Å². The average molecular weight is 317 g/mol. The standard InChI is InChI=1S/C15H28N4O.ClH/c1-10(2)11(16)7-8-19(6)14(20)12-9-13(18-17-12)15(3,4)5;/h9-11H,7-8,16H2,1-6H3,(H,17,18);1H. The Morgan fingerprint density at radius 1 is 1.43 bits per heavy atom. The first-order valence-corrected chi connectivity index (χ1v) is 7.20. The van der Waals surface area contributed by atoms with Gasteiger partial charge in [0.25, 0.3) is 5.91 Å². The van der Waals surface area contributed by atoms with Gasteiger partial charge in [0.2, 0.25) is 0 Å². The molecule has 1 atom stereocenters. The fourth-order valence-corrected chi connectivity index (χ4v) is 1.79. The molecule has 5 nitrogen and oxygen atoms in total. The van der Waals surface area contributed by atoms with Crippen LogP contribution in [0.5, 0.6) is 0 Å². The van der Waals surface area contributed by atoms with Crippen molar-refractivity contribution in [2.45, 2.75) is 52.5 Å². The Morgan fingerprint density at radius 3 is 2.43 bits per heavy atom. The van der Waals surface area contributed by atoms with Crippen LogP contribution in [-0.4, -0.2) is 40.6 Å². The normalized spacial score (nSPS) is 13.0. The summed E-state index contributed by atoms with van der Waals surface area (Å²) in [6, 6.07) is 1.95. The van der Waals surface area contributed by atoms with Crippen LogP contribution in [0.4, 0.5) is 0 Å². The van der Waals surface area contributed by atoms with Crippen LogP contribution in [0.15, 0.2) is 6.07 Å². The molecule has 3 N–H and O–H groups in total. The van der Waals surface area contributed by atoms with Crippen molar-refractivity contribution >= 4 is 18.3 Å². The highest BCUT2D eigenvalue weighted by Crippen LogP contribution is 2.20. The second-order valence-electron chi connectivity index (χ2n) is 6.84. The first-order valence-electron chi connectivity index (χ1n) is 7.20. The van der Waals surface area contributed by atoms with Crippen molar-refractivity contribution in [3.8, 4) is 0 Å². The van der Waals surface area contributed by atoms with Gasteiger partial charge in [-0.05, 0) is 18.4 Å². The van der Waals surface area contributed by atoms with E-state index in [1.807, 2.05) is 6.07 Å². The second kappa shape index (κ2) is 7.80. The molecule has 0 aromatic carbocycles. The lowest BCUT2D eigenvalue weighted by molar-refractivity contribution is 0.0783. The first-order chi connectivity index (χ1) is 9.12. The molecule has 1 heterocycles. The molecule has 0 saturated heterocycles. The summed E-state index contributed by atoms with van der Waals surface area (Å²) >= 11 is 0. The summed E-state index contributed by atoms with van der Waals surface area (Å²) < 4.78 is 0. The van der Waals surface area contributed by atoms with Gasteiger partial charge in [0.05, 0.1) is 0 Å². The van der Waals surface area contributed by atoms with Gasteiger partial charge in [-0.25, -0.2) is 0 Å². The molecule has 0 spiro atoms. The van der Waals surface area contributed by atoms with E-state index < -0.39 is 0 Å². The number of nitrogens with zero attached hydrogens (tertiary/aromatic N) is 2. The Labute approximate surface area is 134 Å². The molecular formula is C15H29ClN4O. The number of nitrogens with one attached hydrogen (secondary N) is 1. The molecule has 21 heavy (non-hydrogen) atoms. The molecule has 1 aromatic rings. The monoisotopic (exact) mass is 316 g/mol. The van der Waals surface area contributed by atoms with Gasteiger partial charge in [0.1, 0.15) is 5.69 Å². The number of amides is 1. The molecule has 1 amide bonds. The molecular weight excluding hydrogens is 288 g/mol. The smallest absolute Gasteiger partial charge is 0.274 e. The average Bonchev–Trinajstić information content (AvgIpc) is 2.83. The quantitative estimate of drug-likeness (QED) is 0.876. The Kier molecular flexibility index (Phi) is 7.40. The fourth-order valence-electron chi connectivity index (χ4n) is 1.79. The molecule has 0 radical (unpaired) electrons. The van der Waals surface area contributed by atoms with Crippen molar-refractivity contribution in [1.29, 1.82) is 0 Å². The van der Waals surface area contributed by atoms with Crippen molar-refractivity contribution in [2.24, 2.45) is 11.7 Å². The summed E-state index contributed by atoms with van der Waals surface area (Å²) in [5.41, 5.74) is 7.40. The highest BCUT2D eigenvalue weighted by molar-refractivity contribution is 5.92. The summed E-state index contributed by atoms with van der Waals surface area (Å²) in [6.07, 6.45) is 0.802. The highest BCUT2D eigenvalue weighted by atomic mass is 35.5. The molecule has 1 rings (SSSR count).